The maximum atomic E-state index is 12.4. The van der Waals surface area contributed by atoms with Crippen LogP contribution in [0.1, 0.15) is 35.8 Å². The van der Waals surface area contributed by atoms with Crippen molar-refractivity contribution in [3.8, 4) is 28.8 Å². The normalized spacial score (nSPS) is 10.1. The number of esters is 1. The molecule has 0 amide bonds. The van der Waals surface area contributed by atoms with Gasteiger partial charge in [-0.15, -0.1) is 0 Å². The number of carbonyl (C=O) groups is 2. The van der Waals surface area contributed by atoms with Crippen LogP contribution < -0.4 is 4.74 Å². The Morgan fingerprint density at radius 2 is 2.04 bits per heavy atom. The first-order chi connectivity index (χ1) is 12.9. The monoisotopic (exact) mass is 388 g/mol. The number of methoxy groups -OCH3 is 1. The summed E-state index contributed by atoms with van der Waals surface area (Å²) in [6, 6.07) is 8.02. The van der Waals surface area contributed by atoms with E-state index in [2.05, 4.69) is 4.98 Å². The summed E-state index contributed by atoms with van der Waals surface area (Å²) in [6.07, 6.45) is -0.362. The molecule has 1 N–H and O–H groups in total. The Morgan fingerprint density at radius 3 is 2.67 bits per heavy atom. The van der Waals surface area contributed by atoms with Crippen molar-refractivity contribution in [1.82, 2.24) is 4.98 Å². The van der Waals surface area contributed by atoms with E-state index in [1.807, 2.05) is 6.07 Å². The molecule has 8 heteroatoms. The van der Waals surface area contributed by atoms with E-state index < -0.39 is 17.5 Å². The number of nitriles is 1. The molecule has 1 aromatic carbocycles. The number of aromatic hydroxyl groups is 1. The molecule has 0 spiro atoms. The van der Waals surface area contributed by atoms with Crippen LogP contribution in [0.5, 0.6) is 11.5 Å². The van der Waals surface area contributed by atoms with Crippen molar-refractivity contribution >= 4 is 23.4 Å². The van der Waals surface area contributed by atoms with E-state index in [9.17, 15) is 20.0 Å². The van der Waals surface area contributed by atoms with Crippen molar-refractivity contribution in [3.05, 3.63) is 40.5 Å². The minimum absolute atomic E-state index is 0.127. The van der Waals surface area contributed by atoms with Gasteiger partial charge in [0.2, 0.25) is 0 Å². The zero-order chi connectivity index (χ0) is 20.0. The van der Waals surface area contributed by atoms with E-state index in [-0.39, 0.29) is 36.4 Å². The molecule has 0 fully saturated rings. The third-order valence-electron chi connectivity index (χ3n) is 3.69. The first-order valence-corrected chi connectivity index (χ1v) is 8.45. The number of ether oxygens (including phenoxy) is 2. The van der Waals surface area contributed by atoms with Gasteiger partial charge in [0.05, 0.1) is 36.4 Å². The number of nitrogens with zero attached hydrogens (tertiary/aromatic N) is 2. The smallest absolute Gasteiger partial charge is 0.306 e. The van der Waals surface area contributed by atoms with Crippen molar-refractivity contribution < 1.29 is 24.2 Å². The lowest BCUT2D eigenvalue weighted by atomic mass is 10.0. The third-order valence-corrected chi connectivity index (χ3v) is 4.02. The van der Waals surface area contributed by atoms with E-state index in [0.717, 1.165) is 0 Å². The van der Waals surface area contributed by atoms with E-state index in [4.69, 9.17) is 21.1 Å². The summed E-state index contributed by atoms with van der Waals surface area (Å²) in [7, 11) is 1.49. The molecule has 0 aliphatic carbocycles. The van der Waals surface area contributed by atoms with Gasteiger partial charge in [0, 0.05) is 12.0 Å². The average molecular weight is 389 g/mol. The maximum Gasteiger partial charge on any atom is 0.306 e. The van der Waals surface area contributed by atoms with Crippen molar-refractivity contribution in [2.45, 2.75) is 19.8 Å². The standard InChI is InChI=1S/C19H17ClN2O5/c1-3-27-17(24)7-6-16(23)18-19(25)11(10-21)8-15(22-18)13-9-12(26-2)4-5-14(13)20/h4-5,8-9,25H,3,6-7H2,1-2H3. The number of ketones is 1. The molecule has 27 heavy (non-hydrogen) atoms. The summed E-state index contributed by atoms with van der Waals surface area (Å²) in [6.45, 7) is 1.87. The van der Waals surface area contributed by atoms with Gasteiger partial charge in [0.25, 0.3) is 0 Å². The van der Waals surface area contributed by atoms with Gasteiger partial charge >= 0.3 is 5.97 Å². The molecule has 0 aliphatic heterocycles. The van der Waals surface area contributed by atoms with E-state index in [0.29, 0.717) is 16.3 Å². The van der Waals surface area contributed by atoms with Crippen molar-refractivity contribution in [1.29, 1.82) is 5.26 Å². The topological polar surface area (TPSA) is 110 Å². The zero-order valence-electron chi connectivity index (χ0n) is 14.8. The lowest BCUT2D eigenvalue weighted by molar-refractivity contribution is -0.143. The highest BCUT2D eigenvalue weighted by atomic mass is 35.5. The van der Waals surface area contributed by atoms with E-state index >= 15 is 0 Å². The Balaban J connectivity index is 2.45. The highest BCUT2D eigenvalue weighted by Crippen LogP contribution is 2.34. The minimum Gasteiger partial charge on any atom is -0.504 e. The number of aromatic nitrogens is 1. The molecule has 7 nitrogen and oxygen atoms in total. The van der Waals surface area contributed by atoms with Gasteiger partial charge in [0.15, 0.2) is 11.5 Å². The Labute approximate surface area is 161 Å². The number of carbonyl (C=O) groups excluding carboxylic acids is 2. The molecule has 1 heterocycles. The van der Waals surface area contributed by atoms with Gasteiger partial charge in [-0.1, -0.05) is 11.6 Å². The van der Waals surface area contributed by atoms with Gasteiger partial charge in [-0.25, -0.2) is 4.98 Å². The first-order valence-electron chi connectivity index (χ1n) is 8.08. The molecule has 0 saturated carbocycles. The van der Waals surface area contributed by atoms with Gasteiger partial charge < -0.3 is 14.6 Å². The lowest BCUT2D eigenvalue weighted by Crippen LogP contribution is -2.10. The highest BCUT2D eigenvalue weighted by molar-refractivity contribution is 6.33. The zero-order valence-corrected chi connectivity index (χ0v) is 15.5. The molecule has 1 aromatic heterocycles. The second kappa shape index (κ2) is 9.01. The quantitative estimate of drug-likeness (QED) is 0.570. The molecule has 0 radical (unpaired) electrons. The van der Waals surface area contributed by atoms with Crippen LogP contribution >= 0.6 is 11.6 Å². The Hall–Kier alpha value is -3.11. The SMILES string of the molecule is CCOC(=O)CCC(=O)c1nc(-c2cc(OC)ccc2Cl)cc(C#N)c1O. The minimum atomic E-state index is -0.585. The number of hydrogen-bond acceptors (Lipinski definition) is 7. The van der Waals surface area contributed by atoms with Gasteiger partial charge in [-0.05, 0) is 31.2 Å². The number of Topliss-reactive ketones (excluding diaryl/α,β-unsaturated/α-hetero) is 1. The summed E-state index contributed by atoms with van der Waals surface area (Å²) in [5, 5.41) is 19.8. The Morgan fingerprint density at radius 1 is 1.30 bits per heavy atom. The molecule has 0 bridgehead atoms. The van der Waals surface area contributed by atoms with Gasteiger partial charge in [-0.2, -0.15) is 5.26 Å². The number of hydrogen-bond donors (Lipinski definition) is 1. The van der Waals surface area contributed by atoms with Crippen molar-refractivity contribution in [3.63, 3.8) is 0 Å². The lowest BCUT2D eigenvalue weighted by Gasteiger charge is -2.11. The molecule has 0 atom stereocenters. The van der Waals surface area contributed by atoms with Crippen LogP contribution in [0.15, 0.2) is 24.3 Å². The highest BCUT2D eigenvalue weighted by Gasteiger charge is 2.21. The average Bonchev–Trinajstić information content (AvgIpc) is 2.67. The fourth-order valence-corrected chi connectivity index (χ4v) is 2.57. The second-order valence-electron chi connectivity index (χ2n) is 5.44. The number of halogens is 1. The summed E-state index contributed by atoms with van der Waals surface area (Å²) < 4.78 is 9.94. The van der Waals surface area contributed by atoms with Crippen LogP contribution in [0, 0.1) is 11.3 Å². The van der Waals surface area contributed by atoms with Gasteiger partial charge in [-0.3, -0.25) is 9.59 Å². The third kappa shape index (κ3) is 4.74. The molecular weight excluding hydrogens is 372 g/mol. The Bertz CT molecular complexity index is 921. The molecule has 0 unspecified atom stereocenters. The summed E-state index contributed by atoms with van der Waals surface area (Å²) in [4.78, 5) is 28.1. The number of rotatable bonds is 7. The molecule has 0 saturated heterocycles. The molecule has 2 rings (SSSR count). The molecular formula is C19H17ClN2O5. The largest absolute Gasteiger partial charge is 0.504 e. The number of benzene rings is 1. The van der Waals surface area contributed by atoms with Crippen LogP contribution in [0.25, 0.3) is 11.3 Å². The predicted octanol–water partition coefficient (Wildman–Crippen LogP) is 3.51. The van der Waals surface area contributed by atoms with Gasteiger partial charge in [0.1, 0.15) is 17.5 Å². The first kappa shape index (κ1) is 20.2. The fourth-order valence-electron chi connectivity index (χ4n) is 2.35. The second-order valence-corrected chi connectivity index (χ2v) is 5.85. The van der Waals surface area contributed by atoms with Crippen LogP contribution in [-0.2, 0) is 9.53 Å². The van der Waals surface area contributed by atoms with Crippen LogP contribution in [0.2, 0.25) is 5.02 Å². The fraction of sp³-hybridized carbons (Fsp3) is 0.263. The van der Waals surface area contributed by atoms with Crippen molar-refractivity contribution in [2.75, 3.05) is 13.7 Å². The summed E-state index contributed by atoms with van der Waals surface area (Å²) in [5.74, 6) is -1.14. The molecule has 0 aliphatic rings. The van der Waals surface area contributed by atoms with Crippen LogP contribution in [0.4, 0.5) is 0 Å². The van der Waals surface area contributed by atoms with E-state index in [1.165, 1.54) is 13.2 Å². The molecule has 140 valence electrons. The van der Waals surface area contributed by atoms with Crippen molar-refractivity contribution in [2.24, 2.45) is 0 Å². The summed E-state index contributed by atoms with van der Waals surface area (Å²) >= 11 is 6.21. The summed E-state index contributed by atoms with van der Waals surface area (Å²) in [5.41, 5.74) is 0.241. The molecule has 2 aromatic rings. The predicted molar refractivity (Wildman–Crippen MR) is 97.8 cm³/mol. The Kier molecular flexibility index (Phi) is 6.74. The van der Waals surface area contributed by atoms with Crippen LogP contribution in [-0.4, -0.2) is 35.6 Å². The van der Waals surface area contributed by atoms with E-state index in [1.54, 1.807) is 25.1 Å². The number of pyridine rings is 1. The van der Waals surface area contributed by atoms with Crippen LogP contribution in [0.3, 0.4) is 0 Å². The maximum absolute atomic E-state index is 12.4.